The predicted octanol–water partition coefficient (Wildman–Crippen LogP) is 2.17. The van der Waals surface area contributed by atoms with E-state index in [1.807, 2.05) is 0 Å². The van der Waals surface area contributed by atoms with Crippen molar-refractivity contribution in [2.45, 2.75) is 38.6 Å². The van der Waals surface area contributed by atoms with Crippen LogP contribution in [0.25, 0.3) is 0 Å². The minimum absolute atomic E-state index is 0.0211. The molecule has 92 valence electrons. The molecule has 1 aromatic heterocycles. The molecule has 0 amide bonds. The lowest BCUT2D eigenvalue weighted by Crippen LogP contribution is -2.30. The van der Waals surface area contributed by atoms with Crippen LogP contribution in [-0.4, -0.2) is 27.1 Å². The van der Waals surface area contributed by atoms with Gasteiger partial charge in [-0.15, -0.1) is 0 Å². The third kappa shape index (κ3) is 2.93. The normalized spacial score (nSPS) is 24.3. The molecule has 1 aromatic rings. The van der Waals surface area contributed by atoms with Gasteiger partial charge in [0, 0.05) is 6.04 Å². The van der Waals surface area contributed by atoms with Crippen molar-refractivity contribution in [1.82, 2.24) is 9.97 Å². The van der Waals surface area contributed by atoms with E-state index in [-0.39, 0.29) is 5.69 Å². The van der Waals surface area contributed by atoms with E-state index >= 15 is 0 Å². The summed E-state index contributed by atoms with van der Waals surface area (Å²) in [6.45, 7) is 2.23. The van der Waals surface area contributed by atoms with Crippen molar-refractivity contribution in [2.75, 3.05) is 5.32 Å². The summed E-state index contributed by atoms with van der Waals surface area (Å²) in [6.07, 6.45) is 7.69. The van der Waals surface area contributed by atoms with Crippen molar-refractivity contribution in [2.24, 2.45) is 5.92 Å². The zero-order chi connectivity index (χ0) is 12.3. The first-order valence-electron chi connectivity index (χ1n) is 5.98. The van der Waals surface area contributed by atoms with Crippen LogP contribution >= 0.6 is 0 Å². The Morgan fingerprint density at radius 1 is 1.35 bits per heavy atom. The summed E-state index contributed by atoms with van der Waals surface area (Å²) in [5, 5.41) is 12.0. The summed E-state index contributed by atoms with van der Waals surface area (Å²) in [5.41, 5.74) is -0.0211. The number of nitrogens with one attached hydrogen (secondary N) is 1. The monoisotopic (exact) mass is 235 g/mol. The van der Waals surface area contributed by atoms with E-state index in [1.165, 1.54) is 31.7 Å². The molecule has 1 saturated carbocycles. The number of aromatic carboxylic acids is 1. The summed E-state index contributed by atoms with van der Waals surface area (Å²) in [4.78, 5) is 18.5. The molecule has 2 rings (SSSR count). The Kier molecular flexibility index (Phi) is 3.56. The maximum Gasteiger partial charge on any atom is 0.356 e. The summed E-state index contributed by atoms with van der Waals surface area (Å²) in [5.74, 6) is 0.244. The highest BCUT2D eigenvalue weighted by Crippen LogP contribution is 2.25. The Morgan fingerprint density at radius 2 is 2.12 bits per heavy atom. The fraction of sp³-hybridized carbons (Fsp3) is 0.583. The molecule has 0 aromatic carbocycles. The van der Waals surface area contributed by atoms with E-state index in [9.17, 15) is 4.79 Å². The number of hydrogen-bond donors (Lipinski definition) is 2. The van der Waals surface area contributed by atoms with Gasteiger partial charge in [0.2, 0.25) is 0 Å². The highest BCUT2D eigenvalue weighted by atomic mass is 16.4. The highest BCUT2D eigenvalue weighted by molar-refractivity contribution is 5.84. The van der Waals surface area contributed by atoms with Crippen molar-refractivity contribution in [3.05, 3.63) is 18.1 Å². The number of rotatable bonds is 3. The molecule has 0 aliphatic heterocycles. The Balaban J connectivity index is 2.00. The number of carbonyl (C=O) groups is 1. The van der Waals surface area contributed by atoms with Crippen LogP contribution in [0.15, 0.2) is 12.4 Å². The van der Waals surface area contributed by atoms with Gasteiger partial charge in [-0.25, -0.2) is 14.8 Å². The zero-order valence-corrected chi connectivity index (χ0v) is 9.89. The van der Waals surface area contributed by atoms with E-state index in [2.05, 4.69) is 22.2 Å². The summed E-state index contributed by atoms with van der Waals surface area (Å²) >= 11 is 0. The number of hydrogen-bond acceptors (Lipinski definition) is 4. The van der Waals surface area contributed by atoms with Gasteiger partial charge in [-0.3, -0.25) is 0 Å². The minimum atomic E-state index is -1.05. The Labute approximate surface area is 100 Å². The molecular formula is C12H17N3O2. The van der Waals surface area contributed by atoms with Crippen molar-refractivity contribution < 1.29 is 9.90 Å². The van der Waals surface area contributed by atoms with E-state index in [1.54, 1.807) is 0 Å². The fourth-order valence-electron chi connectivity index (χ4n) is 2.23. The number of nitrogens with zero attached hydrogens (tertiary/aromatic N) is 2. The Hall–Kier alpha value is -1.65. The van der Waals surface area contributed by atoms with Crippen LogP contribution in [0, 0.1) is 5.92 Å². The number of carboxylic acid groups (broad SMARTS) is 1. The molecule has 0 bridgehead atoms. The van der Waals surface area contributed by atoms with Crippen LogP contribution in [0.5, 0.6) is 0 Å². The molecule has 2 unspecified atom stereocenters. The maximum atomic E-state index is 10.6. The average Bonchev–Trinajstić information content (AvgIpc) is 2.33. The molecular weight excluding hydrogens is 218 g/mol. The van der Waals surface area contributed by atoms with Crippen molar-refractivity contribution in [3.8, 4) is 0 Å². The molecule has 0 spiro atoms. The minimum Gasteiger partial charge on any atom is -0.476 e. The van der Waals surface area contributed by atoms with Crippen LogP contribution < -0.4 is 5.32 Å². The van der Waals surface area contributed by atoms with Gasteiger partial charge in [0.25, 0.3) is 0 Å². The molecule has 5 nitrogen and oxygen atoms in total. The van der Waals surface area contributed by atoms with Crippen LogP contribution in [0.2, 0.25) is 0 Å². The van der Waals surface area contributed by atoms with Gasteiger partial charge < -0.3 is 10.4 Å². The van der Waals surface area contributed by atoms with E-state index in [0.717, 1.165) is 6.42 Å². The molecule has 0 radical (unpaired) electrons. The molecule has 17 heavy (non-hydrogen) atoms. The third-order valence-electron chi connectivity index (χ3n) is 3.32. The lowest BCUT2D eigenvalue weighted by molar-refractivity contribution is 0.0690. The predicted molar refractivity (Wildman–Crippen MR) is 64.0 cm³/mol. The molecule has 1 fully saturated rings. The summed E-state index contributed by atoms with van der Waals surface area (Å²) in [7, 11) is 0. The molecule has 2 N–H and O–H groups in total. The first-order chi connectivity index (χ1) is 8.16. The van der Waals surface area contributed by atoms with E-state index < -0.39 is 5.97 Å². The van der Waals surface area contributed by atoms with Gasteiger partial charge >= 0.3 is 5.97 Å². The third-order valence-corrected chi connectivity index (χ3v) is 3.32. The second-order valence-corrected chi connectivity index (χ2v) is 4.60. The SMILES string of the molecule is CC1CCCCC1Nc1cnc(C(=O)O)cn1. The van der Waals surface area contributed by atoms with Crippen molar-refractivity contribution in [1.29, 1.82) is 0 Å². The highest BCUT2D eigenvalue weighted by Gasteiger charge is 2.21. The van der Waals surface area contributed by atoms with Crippen LogP contribution in [0.1, 0.15) is 43.1 Å². The van der Waals surface area contributed by atoms with Crippen molar-refractivity contribution in [3.63, 3.8) is 0 Å². The van der Waals surface area contributed by atoms with Gasteiger partial charge in [0.15, 0.2) is 5.69 Å². The lowest BCUT2D eigenvalue weighted by atomic mass is 9.86. The number of anilines is 1. The smallest absolute Gasteiger partial charge is 0.356 e. The van der Waals surface area contributed by atoms with Gasteiger partial charge in [0.1, 0.15) is 5.82 Å². The molecule has 5 heteroatoms. The molecule has 1 aliphatic rings. The largest absolute Gasteiger partial charge is 0.476 e. The van der Waals surface area contributed by atoms with Crippen LogP contribution in [-0.2, 0) is 0 Å². The van der Waals surface area contributed by atoms with Gasteiger partial charge in [-0.05, 0) is 18.8 Å². The molecule has 2 atom stereocenters. The van der Waals surface area contributed by atoms with E-state index in [0.29, 0.717) is 17.8 Å². The first kappa shape index (κ1) is 11.8. The zero-order valence-electron chi connectivity index (χ0n) is 9.89. The first-order valence-corrected chi connectivity index (χ1v) is 5.98. The topological polar surface area (TPSA) is 75.1 Å². The maximum absolute atomic E-state index is 10.6. The quantitative estimate of drug-likeness (QED) is 0.839. The Bertz CT molecular complexity index is 391. The average molecular weight is 235 g/mol. The summed E-state index contributed by atoms with van der Waals surface area (Å²) < 4.78 is 0. The van der Waals surface area contributed by atoms with E-state index in [4.69, 9.17) is 5.11 Å². The van der Waals surface area contributed by atoms with Crippen LogP contribution in [0.4, 0.5) is 5.82 Å². The number of aromatic nitrogens is 2. The second-order valence-electron chi connectivity index (χ2n) is 4.60. The number of carboxylic acids is 1. The standard InChI is InChI=1S/C12H17N3O2/c1-8-4-2-3-5-9(8)15-11-7-13-10(6-14-11)12(16)17/h6-9H,2-5H2,1H3,(H,14,15)(H,16,17). The lowest BCUT2D eigenvalue weighted by Gasteiger charge is -2.29. The molecule has 1 heterocycles. The second kappa shape index (κ2) is 5.12. The van der Waals surface area contributed by atoms with Gasteiger partial charge in [-0.1, -0.05) is 19.8 Å². The summed E-state index contributed by atoms with van der Waals surface area (Å²) in [6, 6.07) is 0.425. The van der Waals surface area contributed by atoms with Crippen LogP contribution in [0.3, 0.4) is 0 Å². The van der Waals surface area contributed by atoms with Crippen molar-refractivity contribution >= 4 is 11.8 Å². The molecule has 0 saturated heterocycles. The Morgan fingerprint density at radius 3 is 2.71 bits per heavy atom. The fourth-order valence-corrected chi connectivity index (χ4v) is 2.23. The van der Waals surface area contributed by atoms with Gasteiger partial charge in [-0.2, -0.15) is 0 Å². The van der Waals surface area contributed by atoms with Gasteiger partial charge in [0.05, 0.1) is 12.4 Å². The molecule has 1 aliphatic carbocycles.